The highest BCUT2D eigenvalue weighted by atomic mass is 19.3. The summed E-state index contributed by atoms with van der Waals surface area (Å²) in [4.78, 5) is 16.0. The van der Waals surface area contributed by atoms with Gasteiger partial charge in [-0.15, -0.1) is 0 Å². The van der Waals surface area contributed by atoms with Gasteiger partial charge in [0, 0.05) is 24.5 Å². The van der Waals surface area contributed by atoms with Gasteiger partial charge in [0.25, 0.3) is 0 Å². The second kappa shape index (κ2) is 8.96. The fourth-order valence-corrected chi connectivity index (χ4v) is 1.96. The summed E-state index contributed by atoms with van der Waals surface area (Å²) >= 11 is 0. The largest absolute Gasteiger partial charge is 0.490 e. The van der Waals surface area contributed by atoms with E-state index in [9.17, 15) is 13.6 Å². The number of hydrogen-bond acceptors (Lipinski definition) is 3. The Balaban J connectivity index is 3.04. The van der Waals surface area contributed by atoms with Crippen LogP contribution < -0.4 is 10.1 Å². The van der Waals surface area contributed by atoms with Crippen molar-refractivity contribution in [1.82, 2.24) is 4.90 Å². The van der Waals surface area contributed by atoms with Gasteiger partial charge in [0.15, 0.2) is 0 Å². The van der Waals surface area contributed by atoms with Gasteiger partial charge in [-0.2, -0.15) is 8.78 Å². The summed E-state index contributed by atoms with van der Waals surface area (Å²) in [6, 6.07) is 0.814. The Morgan fingerprint density at radius 2 is 2.12 bits per heavy atom. The number of ether oxygens (including phenoxy) is 1. The highest BCUT2D eigenvalue weighted by molar-refractivity contribution is 5.97. The number of carbonyl (C=O) groups is 1. The molecule has 136 valence electrons. The summed E-state index contributed by atoms with van der Waals surface area (Å²) in [5, 5.41) is 2.21. The van der Waals surface area contributed by atoms with Crippen molar-refractivity contribution in [3.8, 4) is 5.75 Å². The number of nitrogens with zero attached hydrogens (tertiary/aromatic N) is 2. The molecule has 0 aliphatic rings. The topological polar surface area (TPSA) is 53.9 Å². The molecule has 1 amide bonds. The Morgan fingerprint density at radius 3 is 2.64 bits per heavy atom. The van der Waals surface area contributed by atoms with E-state index in [1.54, 1.807) is 13.0 Å². The SMILES string of the molecule is C=Cc1cc(NC(=O)C(F)(F)N(C=NC)/C=C\C)ccc1OC(C)C. The molecule has 0 aromatic heterocycles. The molecule has 1 aromatic carbocycles. The van der Waals surface area contributed by atoms with Gasteiger partial charge in [0.1, 0.15) is 5.75 Å². The third-order valence-electron chi connectivity index (χ3n) is 3.00. The summed E-state index contributed by atoms with van der Waals surface area (Å²) in [5.74, 6) is -0.915. The van der Waals surface area contributed by atoms with Gasteiger partial charge < -0.3 is 10.1 Å². The molecule has 1 aromatic rings. The molecule has 7 heteroatoms. The van der Waals surface area contributed by atoms with Crippen LogP contribution >= 0.6 is 0 Å². The predicted octanol–water partition coefficient (Wildman–Crippen LogP) is 4.14. The maximum Gasteiger partial charge on any atom is 0.409 e. The predicted molar refractivity (Wildman–Crippen MR) is 96.9 cm³/mol. The van der Waals surface area contributed by atoms with Gasteiger partial charge in [-0.05, 0) is 39.0 Å². The van der Waals surface area contributed by atoms with E-state index >= 15 is 0 Å². The average Bonchev–Trinajstić information content (AvgIpc) is 2.55. The number of nitrogens with one attached hydrogen (secondary N) is 1. The summed E-state index contributed by atoms with van der Waals surface area (Å²) < 4.78 is 34.2. The quantitative estimate of drug-likeness (QED) is 0.435. The zero-order valence-electron chi connectivity index (χ0n) is 14.8. The van der Waals surface area contributed by atoms with E-state index in [1.807, 2.05) is 13.8 Å². The Bertz CT molecular complexity index is 658. The first-order valence-corrected chi connectivity index (χ1v) is 7.72. The van der Waals surface area contributed by atoms with E-state index in [4.69, 9.17) is 4.74 Å². The standard InChI is InChI=1S/C18H23F2N3O2/c1-6-10-23(12-21-5)18(19,20)17(24)22-15-8-9-16(25-13(3)4)14(7-2)11-15/h6-13H,2H2,1,3-5H3,(H,22,24)/b10-6-,21-12?. The number of benzene rings is 1. The van der Waals surface area contributed by atoms with Crippen LogP contribution in [-0.2, 0) is 4.79 Å². The summed E-state index contributed by atoms with van der Waals surface area (Å²) in [5.41, 5.74) is 0.805. The third-order valence-corrected chi connectivity index (χ3v) is 3.00. The number of alkyl halides is 2. The van der Waals surface area contributed by atoms with Gasteiger partial charge >= 0.3 is 12.0 Å². The van der Waals surface area contributed by atoms with Crippen LogP contribution in [0.4, 0.5) is 14.5 Å². The molecule has 1 rings (SSSR count). The lowest BCUT2D eigenvalue weighted by atomic mass is 10.1. The number of allylic oxidation sites excluding steroid dienone is 1. The molecule has 1 N–H and O–H groups in total. The van der Waals surface area contributed by atoms with Gasteiger partial charge in [0.2, 0.25) is 0 Å². The minimum absolute atomic E-state index is 0.0498. The van der Waals surface area contributed by atoms with E-state index in [0.29, 0.717) is 16.2 Å². The second-order valence-corrected chi connectivity index (χ2v) is 5.38. The summed E-state index contributed by atoms with van der Waals surface area (Å²) in [7, 11) is 1.34. The number of rotatable bonds is 8. The summed E-state index contributed by atoms with van der Waals surface area (Å²) in [6.07, 6.45) is 4.82. The fraction of sp³-hybridized carbons (Fsp3) is 0.333. The average molecular weight is 351 g/mol. The van der Waals surface area contributed by atoms with Crippen molar-refractivity contribution in [1.29, 1.82) is 0 Å². The van der Waals surface area contributed by atoms with E-state index in [0.717, 1.165) is 12.5 Å². The van der Waals surface area contributed by atoms with Crippen LogP contribution in [-0.4, -0.2) is 36.3 Å². The molecule has 0 saturated heterocycles. The van der Waals surface area contributed by atoms with E-state index in [-0.39, 0.29) is 11.8 Å². The molecule has 0 aliphatic carbocycles. The van der Waals surface area contributed by atoms with E-state index in [1.165, 1.54) is 31.3 Å². The van der Waals surface area contributed by atoms with Crippen LogP contribution in [0, 0.1) is 0 Å². The molecule has 0 radical (unpaired) electrons. The monoisotopic (exact) mass is 351 g/mol. The van der Waals surface area contributed by atoms with Crippen LogP contribution in [0.2, 0.25) is 0 Å². The lowest BCUT2D eigenvalue weighted by molar-refractivity contribution is -0.154. The van der Waals surface area contributed by atoms with Crippen LogP contribution in [0.15, 0.2) is 42.0 Å². The van der Waals surface area contributed by atoms with Crippen LogP contribution in [0.1, 0.15) is 26.3 Å². The normalized spacial score (nSPS) is 12.0. The molecule has 0 heterocycles. The second-order valence-electron chi connectivity index (χ2n) is 5.38. The van der Waals surface area contributed by atoms with Gasteiger partial charge in [0.05, 0.1) is 12.4 Å². The Hall–Kier alpha value is -2.70. The Morgan fingerprint density at radius 1 is 1.44 bits per heavy atom. The smallest absolute Gasteiger partial charge is 0.409 e. The van der Waals surface area contributed by atoms with Crippen molar-refractivity contribution in [2.75, 3.05) is 12.4 Å². The maximum atomic E-state index is 14.3. The van der Waals surface area contributed by atoms with Crippen LogP contribution in [0.3, 0.4) is 0 Å². The number of aliphatic imine (C=N–C) groups is 1. The van der Waals surface area contributed by atoms with Gasteiger partial charge in [-0.3, -0.25) is 14.7 Å². The first-order valence-electron chi connectivity index (χ1n) is 7.72. The molecule has 25 heavy (non-hydrogen) atoms. The molecular formula is C18H23F2N3O2. The van der Waals surface area contributed by atoms with E-state index < -0.39 is 12.0 Å². The van der Waals surface area contributed by atoms with Crippen molar-refractivity contribution < 1.29 is 18.3 Å². The first-order chi connectivity index (χ1) is 11.8. The van der Waals surface area contributed by atoms with Crippen molar-refractivity contribution in [3.05, 3.63) is 42.6 Å². The van der Waals surface area contributed by atoms with Crippen molar-refractivity contribution >= 4 is 24.0 Å². The zero-order chi connectivity index (χ0) is 19.0. The van der Waals surface area contributed by atoms with Crippen molar-refractivity contribution in [3.63, 3.8) is 0 Å². The minimum Gasteiger partial charge on any atom is -0.490 e. The minimum atomic E-state index is -3.80. The van der Waals surface area contributed by atoms with Crippen molar-refractivity contribution in [2.24, 2.45) is 4.99 Å². The molecule has 0 aliphatic heterocycles. The number of amides is 1. The Labute approximate surface area is 146 Å². The van der Waals surface area contributed by atoms with Crippen molar-refractivity contribution in [2.45, 2.75) is 32.9 Å². The zero-order valence-corrected chi connectivity index (χ0v) is 14.8. The Kier molecular flexibility index (Phi) is 7.29. The fourth-order valence-electron chi connectivity index (χ4n) is 1.96. The molecule has 0 spiro atoms. The molecule has 0 bridgehead atoms. The van der Waals surface area contributed by atoms with E-state index in [2.05, 4.69) is 16.9 Å². The summed E-state index contributed by atoms with van der Waals surface area (Å²) in [6.45, 7) is 8.97. The van der Waals surface area contributed by atoms with Crippen LogP contribution in [0.25, 0.3) is 6.08 Å². The molecule has 0 saturated carbocycles. The van der Waals surface area contributed by atoms with Gasteiger partial charge in [-0.25, -0.2) is 0 Å². The lowest BCUT2D eigenvalue weighted by Crippen LogP contribution is -2.47. The number of carbonyl (C=O) groups excluding carboxylic acids is 1. The van der Waals surface area contributed by atoms with Crippen LogP contribution in [0.5, 0.6) is 5.75 Å². The molecular weight excluding hydrogens is 328 g/mol. The highest BCUT2D eigenvalue weighted by Gasteiger charge is 2.43. The first kappa shape index (κ1) is 20.3. The highest BCUT2D eigenvalue weighted by Crippen LogP contribution is 2.27. The molecule has 0 atom stereocenters. The number of anilines is 1. The molecule has 5 nitrogen and oxygen atoms in total. The lowest BCUT2D eigenvalue weighted by Gasteiger charge is -2.25. The third kappa shape index (κ3) is 5.41. The molecule has 0 unspecified atom stereocenters. The maximum absolute atomic E-state index is 14.3. The number of halogens is 2. The number of hydrogen-bond donors (Lipinski definition) is 1. The van der Waals surface area contributed by atoms with Gasteiger partial charge in [-0.1, -0.05) is 18.7 Å². The molecule has 0 fully saturated rings.